The molecule has 1 aromatic carbocycles. The third-order valence-electron chi connectivity index (χ3n) is 2.21. The molecule has 84 valence electrons. The third kappa shape index (κ3) is 1.93. The van der Waals surface area contributed by atoms with Crippen molar-refractivity contribution in [3.8, 4) is 5.75 Å². The maximum absolute atomic E-state index is 12.5. The molecule has 0 aliphatic rings. The zero-order valence-electron chi connectivity index (χ0n) is 8.38. The first-order valence-corrected chi connectivity index (χ1v) is 4.92. The van der Waals surface area contributed by atoms with Crippen molar-refractivity contribution in [1.82, 2.24) is 4.98 Å². The minimum absolute atomic E-state index is 0.249. The van der Waals surface area contributed by atoms with Crippen LogP contribution in [0.25, 0.3) is 10.9 Å². The van der Waals surface area contributed by atoms with Crippen molar-refractivity contribution in [2.45, 2.75) is 6.43 Å². The summed E-state index contributed by atoms with van der Waals surface area (Å²) in [6.45, 7) is 0. The molecule has 0 radical (unpaired) electrons. The minimum Gasteiger partial charge on any atom is -0.497 e. The van der Waals surface area contributed by atoms with Gasteiger partial charge in [-0.2, -0.15) is 0 Å². The largest absolute Gasteiger partial charge is 0.497 e. The molecule has 2 nitrogen and oxygen atoms in total. The fourth-order valence-electron chi connectivity index (χ4n) is 1.42. The van der Waals surface area contributed by atoms with Gasteiger partial charge in [0.05, 0.1) is 17.6 Å². The van der Waals surface area contributed by atoms with Gasteiger partial charge in [-0.25, -0.2) is 13.8 Å². The molecule has 0 unspecified atom stereocenters. The fraction of sp³-hybridized carbons (Fsp3) is 0.182. The van der Waals surface area contributed by atoms with E-state index in [-0.39, 0.29) is 10.7 Å². The summed E-state index contributed by atoms with van der Waals surface area (Å²) < 4.78 is 30.0. The molecule has 0 aliphatic carbocycles. The van der Waals surface area contributed by atoms with Gasteiger partial charge in [0.15, 0.2) is 0 Å². The monoisotopic (exact) mass is 243 g/mol. The van der Waals surface area contributed by atoms with Crippen LogP contribution >= 0.6 is 11.6 Å². The number of rotatable bonds is 2. The van der Waals surface area contributed by atoms with Crippen molar-refractivity contribution in [3.05, 3.63) is 35.0 Å². The summed E-state index contributed by atoms with van der Waals surface area (Å²) >= 11 is 5.91. The second-order valence-corrected chi connectivity index (χ2v) is 3.62. The van der Waals surface area contributed by atoms with Gasteiger partial charge < -0.3 is 4.74 Å². The smallest absolute Gasteiger partial charge is 0.280 e. The van der Waals surface area contributed by atoms with E-state index in [9.17, 15) is 8.78 Å². The number of hydrogen-bond donors (Lipinski definition) is 0. The molecule has 2 aromatic rings. The summed E-state index contributed by atoms with van der Waals surface area (Å²) in [5.74, 6) is 0.612. The standard InChI is InChI=1S/C11H8ClF2NO/c1-16-6-2-3-9-7(4-6)8(12)5-10(15-9)11(13)14/h2-5,11H,1H3. The zero-order chi connectivity index (χ0) is 11.7. The number of benzene rings is 1. The summed E-state index contributed by atoms with van der Waals surface area (Å²) in [6.07, 6.45) is -2.62. The van der Waals surface area contributed by atoms with E-state index in [1.54, 1.807) is 18.2 Å². The molecule has 0 amide bonds. The first-order valence-electron chi connectivity index (χ1n) is 4.54. The van der Waals surface area contributed by atoms with E-state index < -0.39 is 6.43 Å². The SMILES string of the molecule is COc1ccc2nc(C(F)F)cc(Cl)c2c1. The van der Waals surface area contributed by atoms with Crippen LogP contribution in [-0.2, 0) is 0 Å². The molecule has 1 heterocycles. The van der Waals surface area contributed by atoms with Gasteiger partial charge in [-0.1, -0.05) is 11.6 Å². The second kappa shape index (κ2) is 4.22. The predicted molar refractivity (Wildman–Crippen MR) is 58.3 cm³/mol. The van der Waals surface area contributed by atoms with Gasteiger partial charge in [0, 0.05) is 5.39 Å². The van der Waals surface area contributed by atoms with Crippen molar-refractivity contribution in [2.24, 2.45) is 0 Å². The molecule has 0 N–H and O–H groups in total. The van der Waals surface area contributed by atoms with Gasteiger partial charge in [0.2, 0.25) is 0 Å². The number of halogens is 3. The quantitative estimate of drug-likeness (QED) is 0.800. The molecule has 0 atom stereocenters. The third-order valence-corrected chi connectivity index (χ3v) is 2.52. The lowest BCUT2D eigenvalue weighted by Crippen LogP contribution is -1.92. The molecular formula is C11H8ClF2NO. The molecular weight excluding hydrogens is 236 g/mol. The maximum Gasteiger partial charge on any atom is 0.280 e. The van der Waals surface area contributed by atoms with Crippen LogP contribution in [0.5, 0.6) is 5.75 Å². The molecule has 5 heteroatoms. The predicted octanol–water partition coefficient (Wildman–Crippen LogP) is 3.83. The van der Waals surface area contributed by atoms with E-state index in [2.05, 4.69) is 4.98 Å². The van der Waals surface area contributed by atoms with Gasteiger partial charge in [0.25, 0.3) is 6.43 Å². The second-order valence-electron chi connectivity index (χ2n) is 3.21. The van der Waals surface area contributed by atoms with Gasteiger partial charge in [-0.3, -0.25) is 0 Å². The maximum atomic E-state index is 12.5. The Morgan fingerprint density at radius 2 is 2.06 bits per heavy atom. The molecule has 1 aromatic heterocycles. The van der Waals surface area contributed by atoms with Crippen molar-refractivity contribution in [1.29, 1.82) is 0 Å². The molecule has 0 fully saturated rings. The van der Waals surface area contributed by atoms with Crippen LogP contribution in [0.1, 0.15) is 12.1 Å². The number of aromatic nitrogens is 1. The highest BCUT2D eigenvalue weighted by molar-refractivity contribution is 6.35. The lowest BCUT2D eigenvalue weighted by atomic mass is 10.2. The van der Waals surface area contributed by atoms with Crippen LogP contribution in [0.3, 0.4) is 0 Å². The first kappa shape index (κ1) is 11.1. The topological polar surface area (TPSA) is 22.1 Å². The van der Waals surface area contributed by atoms with Crippen molar-refractivity contribution < 1.29 is 13.5 Å². The highest BCUT2D eigenvalue weighted by Gasteiger charge is 2.12. The molecule has 16 heavy (non-hydrogen) atoms. The van der Waals surface area contributed by atoms with E-state index >= 15 is 0 Å². The minimum atomic E-state index is -2.62. The average Bonchev–Trinajstić information content (AvgIpc) is 2.28. The fourth-order valence-corrected chi connectivity index (χ4v) is 1.68. The van der Waals surface area contributed by atoms with Crippen LogP contribution in [0.15, 0.2) is 24.3 Å². The number of pyridine rings is 1. The van der Waals surface area contributed by atoms with Gasteiger partial charge in [-0.05, 0) is 24.3 Å². The van der Waals surface area contributed by atoms with E-state index in [0.29, 0.717) is 16.7 Å². The lowest BCUT2D eigenvalue weighted by molar-refractivity contribution is 0.146. The summed E-state index contributed by atoms with van der Waals surface area (Å²) in [7, 11) is 1.52. The molecule has 0 saturated carbocycles. The number of fused-ring (bicyclic) bond motifs is 1. The van der Waals surface area contributed by atoms with Crippen LogP contribution in [0, 0.1) is 0 Å². The Hall–Kier alpha value is -1.42. The molecule has 0 aliphatic heterocycles. The summed E-state index contributed by atoms with van der Waals surface area (Å²) in [5, 5.41) is 0.851. The van der Waals surface area contributed by atoms with Crippen LogP contribution in [-0.4, -0.2) is 12.1 Å². The molecule has 0 spiro atoms. The number of hydrogen-bond acceptors (Lipinski definition) is 2. The Bertz CT molecular complexity index is 531. The number of nitrogens with zero attached hydrogens (tertiary/aromatic N) is 1. The normalized spacial score (nSPS) is 11.1. The van der Waals surface area contributed by atoms with Crippen LogP contribution < -0.4 is 4.74 Å². The molecule has 0 bridgehead atoms. The van der Waals surface area contributed by atoms with E-state index in [4.69, 9.17) is 16.3 Å². The van der Waals surface area contributed by atoms with Gasteiger partial charge >= 0.3 is 0 Å². The number of ether oxygens (including phenoxy) is 1. The highest BCUT2D eigenvalue weighted by Crippen LogP contribution is 2.29. The Kier molecular flexibility index (Phi) is 2.92. The van der Waals surface area contributed by atoms with Crippen LogP contribution in [0.4, 0.5) is 8.78 Å². The Labute approximate surface area is 95.8 Å². The van der Waals surface area contributed by atoms with Gasteiger partial charge in [0.1, 0.15) is 11.4 Å². The van der Waals surface area contributed by atoms with Crippen molar-refractivity contribution >= 4 is 22.5 Å². The summed E-state index contributed by atoms with van der Waals surface area (Å²) in [6, 6.07) is 6.10. The lowest BCUT2D eigenvalue weighted by Gasteiger charge is -2.06. The summed E-state index contributed by atoms with van der Waals surface area (Å²) in [4.78, 5) is 3.82. The van der Waals surface area contributed by atoms with E-state index in [1.165, 1.54) is 13.2 Å². The number of alkyl halides is 2. The Morgan fingerprint density at radius 1 is 1.31 bits per heavy atom. The van der Waals surface area contributed by atoms with Gasteiger partial charge in [-0.15, -0.1) is 0 Å². The summed E-state index contributed by atoms with van der Waals surface area (Å²) in [5.41, 5.74) is 0.117. The Morgan fingerprint density at radius 3 is 2.69 bits per heavy atom. The number of methoxy groups -OCH3 is 1. The first-order chi connectivity index (χ1) is 7.61. The van der Waals surface area contributed by atoms with Crippen LogP contribution in [0.2, 0.25) is 5.02 Å². The zero-order valence-corrected chi connectivity index (χ0v) is 9.13. The highest BCUT2D eigenvalue weighted by atomic mass is 35.5. The van der Waals surface area contributed by atoms with E-state index in [1.807, 2.05) is 0 Å². The van der Waals surface area contributed by atoms with Crippen molar-refractivity contribution in [2.75, 3.05) is 7.11 Å². The average molecular weight is 244 g/mol. The molecule has 2 rings (SSSR count). The van der Waals surface area contributed by atoms with Crippen molar-refractivity contribution in [3.63, 3.8) is 0 Å². The molecule has 0 saturated heterocycles. The Balaban J connectivity index is 2.66. The van der Waals surface area contributed by atoms with E-state index in [0.717, 1.165) is 0 Å².